The third-order valence-corrected chi connectivity index (χ3v) is 7.60. The Balaban J connectivity index is 1.82. The summed E-state index contributed by atoms with van der Waals surface area (Å²) in [7, 11) is 1.99. The highest BCUT2D eigenvalue weighted by atomic mass is 19.1. The zero-order valence-corrected chi connectivity index (χ0v) is 19.1. The lowest BCUT2D eigenvalue weighted by Crippen LogP contribution is -2.63. The molecule has 0 aliphatic carbocycles. The average Bonchev–Trinajstić information content (AvgIpc) is 3.23. The van der Waals surface area contributed by atoms with Crippen LogP contribution in [0.1, 0.15) is 54.2 Å². The van der Waals surface area contributed by atoms with Gasteiger partial charge in [-0.25, -0.2) is 4.39 Å². The minimum Gasteiger partial charge on any atom is -0.491 e. The van der Waals surface area contributed by atoms with Crippen LogP contribution in [-0.2, 0) is 11.8 Å². The Morgan fingerprint density at radius 1 is 1.07 bits per heavy atom. The summed E-state index contributed by atoms with van der Waals surface area (Å²) in [6.45, 7) is 12.9. The van der Waals surface area contributed by atoms with E-state index in [1.165, 1.54) is 27.8 Å². The molecule has 2 aromatic rings. The van der Waals surface area contributed by atoms with Gasteiger partial charge < -0.3 is 14.5 Å². The molecule has 2 atom stereocenters. The Labute approximate surface area is 179 Å². The van der Waals surface area contributed by atoms with Crippen LogP contribution < -0.4 is 9.64 Å². The van der Waals surface area contributed by atoms with Crippen molar-refractivity contribution in [2.24, 2.45) is 0 Å². The highest BCUT2D eigenvalue weighted by Crippen LogP contribution is 2.59. The summed E-state index contributed by atoms with van der Waals surface area (Å²) in [6, 6.07) is 8.68. The molecular formula is C26H31FN2O. The summed E-state index contributed by atoms with van der Waals surface area (Å²) in [6.07, 6.45) is 2.60. The molecule has 158 valence electrons. The van der Waals surface area contributed by atoms with Crippen LogP contribution in [0, 0.1) is 20.8 Å². The van der Waals surface area contributed by atoms with Gasteiger partial charge in [-0.15, -0.1) is 0 Å². The molecule has 0 amide bonds. The standard InChI is InChI=1S/C26H31FN2O/c1-15-12-16(2)21(17(3)13-15)20-14-28(7)24-26(6,27)25(4,5)19-9-8-18-10-11-30-23(18)22(19)29(20)24/h8-9,12-14,24H,10-11H2,1-7H3/t24?,26-/m1/s1. The van der Waals surface area contributed by atoms with Crippen LogP contribution in [0.3, 0.4) is 0 Å². The highest BCUT2D eigenvalue weighted by molar-refractivity contribution is 5.90. The number of hydrogen-bond acceptors (Lipinski definition) is 3. The molecule has 3 aliphatic heterocycles. The van der Waals surface area contributed by atoms with Gasteiger partial charge in [0.2, 0.25) is 0 Å². The third kappa shape index (κ3) is 2.31. The van der Waals surface area contributed by atoms with E-state index in [0.717, 1.165) is 29.1 Å². The van der Waals surface area contributed by atoms with Crippen molar-refractivity contribution in [3.8, 4) is 5.75 Å². The maximum Gasteiger partial charge on any atom is 0.156 e. The van der Waals surface area contributed by atoms with Gasteiger partial charge in [0.15, 0.2) is 5.67 Å². The quantitative estimate of drug-likeness (QED) is 0.609. The number of ether oxygens (including phenoxy) is 1. The molecule has 2 aromatic carbocycles. The van der Waals surface area contributed by atoms with Crippen LogP contribution in [-0.4, -0.2) is 30.4 Å². The smallest absolute Gasteiger partial charge is 0.156 e. The van der Waals surface area contributed by atoms with Crippen molar-refractivity contribution in [2.75, 3.05) is 18.6 Å². The van der Waals surface area contributed by atoms with Gasteiger partial charge in [0.05, 0.1) is 18.0 Å². The Hall–Kier alpha value is -2.49. The molecule has 0 N–H and O–H groups in total. The van der Waals surface area contributed by atoms with Crippen LogP contribution in [0.4, 0.5) is 10.1 Å². The molecule has 0 aromatic heterocycles. The Bertz CT molecular complexity index is 1080. The topological polar surface area (TPSA) is 15.7 Å². The summed E-state index contributed by atoms with van der Waals surface area (Å²) in [5.41, 5.74) is 7.09. The van der Waals surface area contributed by atoms with Crippen molar-refractivity contribution in [2.45, 2.75) is 65.2 Å². The van der Waals surface area contributed by atoms with E-state index >= 15 is 4.39 Å². The molecule has 30 heavy (non-hydrogen) atoms. The van der Waals surface area contributed by atoms with E-state index in [2.05, 4.69) is 56.1 Å². The number of hydrogen-bond donors (Lipinski definition) is 0. The normalized spacial score (nSPS) is 26.1. The minimum absolute atomic E-state index is 0.425. The lowest BCUT2D eigenvalue weighted by Gasteiger charge is -2.53. The number of halogens is 1. The molecule has 0 saturated heterocycles. The maximum absolute atomic E-state index is 16.7. The van der Waals surface area contributed by atoms with Crippen molar-refractivity contribution in [3.63, 3.8) is 0 Å². The van der Waals surface area contributed by atoms with Crippen LogP contribution in [0.2, 0.25) is 0 Å². The van der Waals surface area contributed by atoms with E-state index in [-0.39, 0.29) is 0 Å². The van der Waals surface area contributed by atoms with Crippen LogP contribution in [0.5, 0.6) is 5.75 Å². The molecule has 3 nitrogen and oxygen atoms in total. The van der Waals surface area contributed by atoms with Crippen LogP contribution >= 0.6 is 0 Å². The molecule has 3 heterocycles. The first kappa shape index (κ1) is 19.5. The molecule has 1 unspecified atom stereocenters. The average molecular weight is 407 g/mol. The second-order valence-electron chi connectivity index (χ2n) is 9.95. The van der Waals surface area contributed by atoms with Crippen LogP contribution in [0.15, 0.2) is 30.5 Å². The summed E-state index contributed by atoms with van der Waals surface area (Å²) in [5.74, 6) is 0.935. The second-order valence-corrected chi connectivity index (χ2v) is 9.95. The number of alkyl halides is 1. The minimum atomic E-state index is -1.47. The maximum atomic E-state index is 16.7. The van der Waals surface area contributed by atoms with Gasteiger partial charge in [-0.2, -0.15) is 0 Å². The first-order chi connectivity index (χ1) is 14.1. The van der Waals surface area contributed by atoms with E-state index in [1.54, 1.807) is 6.92 Å². The Kier molecular flexibility index (Phi) is 3.91. The Morgan fingerprint density at radius 3 is 2.40 bits per heavy atom. The van der Waals surface area contributed by atoms with Crippen molar-refractivity contribution >= 4 is 11.4 Å². The van der Waals surface area contributed by atoms with E-state index < -0.39 is 17.2 Å². The summed E-state index contributed by atoms with van der Waals surface area (Å²) in [5, 5.41) is 0. The molecule has 3 aliphatic rings. The lowest BCUT2D eigenvalue weighted by atomic mass is 9.66. The van der Waals surface area contributed by atoms with Gasteiger partial charge in [0.25, 0.3) is 0 Å². The summed E-state index contributed by atoms with van der Waals surface area (Å²) in [4.78, 5) is 4.27. The van der Waals surface area contributed by atoms with Gasteiger partial charge in [-0.3, -0.25) is 0 Å². The number of aryl methyl sites for hydroxylation is 3. The summed E-state index contributed by atoms with van der Waals surface area (Å²) < 4.78 is 22.8. The molecular weight excluding hydrogens is 375 g/mol. The van der Waals surface area contributed by atoms with E-state index in [0.29, 0.717) is 6.61 Å². The first-order valence-corrected chi connectivity index (χ1v) is 10.8. The number of rotatable bonds is 1. The number of fused-ring (bicyclic) bond motifs is 5. The largest absolute Gasteiger partial charge is 0.491 e. The van der Waals surface area contributed by atoms with E-state index in [1.807, 2.05) is 25.8 Å². The van der Waals surface area contributed by atoms with Crippen molar-refractivity contribution in [3.05, 3.63) is 63.8 Å². The van der Waals surface area contributed by atoms with Gasteiger partial charge in [0, 0.05) is 30.6 Å². The van der Waals surface area contributed by atoms with Gasteiger partial charge >= 0.3 is 0 Å². The summed E-state index contributed by atoms with van der Waals surface area (Å²) >= 11 is 0. The second kappa shape index (κ2) is 6.03. The zero-order chi connectivity index (χ0) is 21.6. The van der Waals surface area contributed by atoms with Crippen molar-refractivity contribution in [1.29, 1.82) is 0 Å². The van der Waals surface area contributed by atoms with E-state index in [9.17, 15) is 0 Å². The number of benzene rings is 2. The van der Waals surface area contributed by atoms with Gasteiger partial charge in [-0.1, -0.05) is 43.7 Å². The molecule has 4 heteroatoms. The molecule has 5 rings (SSSR count). The number of nitrogens with zero attached hydrogens (tertiary/aromatic N) is 2. The van der Waals surface area contributed by atoms with Crippen molar-refractivity contribution < 1.29 is 9.13 Å². The molecule has 0 spiro atoms. The fourth-order valence-electron chi connectivity index (χ4n) is 5.84. The van der Waals surface area contributed by atoms with Crippen LogP contribution in [0.25, 0.3) is 5.70 Å². The monoisotopic (exact) mass is 406 g/mol. The molecule has 0 fully saturated rings. The predicted molar refractivity (Wildman–Crippen MR) is 121 cm³/mol. The van der Waals surface area contributed by atoms with E-state index in [4.69, 9.17) is 4.74 Å². The molecule has 0 saturated carbocycles. The Morgan fingerprint density at radius 2 is 1.73 bits per heavy atom. The number of anilines is 1. The first-order valence-electron chi connectivity index (χ1n) is 10.8. The van der Waals surface area contributed by atoms with Gasteiger partial charge in [0.1, 0.15) is 11.9 Å². The lowest BCUT2D eigenvalue weighted by molar-refractivity contribution is 0.0120. The fraction of sp³-hybridized carbons (Fsp3) is 0.462. The zero-order valence-electron chi connectivity index (χ0n) is 19.1. The van der Waals surface area contributed by atoms with Crippen molar-refractivity contribution in [1.82, 2.24) is 4.90 Å². The molecule has 0 bridgehead atoms. The fourth-order valence-corrected chi connectivity index (χ4v) is 5.84. The SMILES string of the molecule is Cc1cc(C)c(C2=CN(C)C3N2c2c(ccc4c2OCC4)C(C)(C)[C@]3(C)F)c(C)c1. The highest BCUT2D eigenvalue weighted by Gasteiger charge is 2.60. The molecule has 0 radical (unpaired) electrons. The third-order valence-electron chi connectivity index (χ3n) is 7.60. The van der Waals surface area contributed by atoms with Gasteiger partial charge in [-0.05, 0) is 49.9 Å². The predicted octanol–water partition coefficient (Wildman–Crippen LogP) is 5.64.